The van der Waals surface area contributed by atoms with Crippen LogP contribution < -0.4 is 14.5 Å². The van der Waals surface area contributed by atoms with Gasteiger partial charge in [-0.15, -0.1) is 0 Å². The Morgan fingerprint density at radius 2 is 1.91 bits per heavy atom. The van der Waals surface area contributed by atoms with Crippen LogP contribution in [0.2, 0.25) is 0 Å². The van der Waals surface area contributed by atoms with Gasteiger partial charge in [0.05, 0.1) is 37.3 Å². The summed E-state index contributed by atoms with van der Waals surface area (Å²) >= 11 is 0. The number of hydrogen-bond donors (Lipinski definition) is 0. The fraction of sp³-hybridized carbons (Fsp3) is 0.471. The number of anilines is 2. The van der Waals surface area contributed by atoms with Crippen LogP contribution >= 0.6 is 0 Å². The maximum atomic E-state index is 14.1. The normalized spacial score (nSPS) is 21.0. The number of nitrogens with zero attached hydrogens (tertiary/aromatic N) is 7. The average Bonchev–Trinajstić information content (AvgIpc) is 3.32. The van der Waals surface area contributed by atoms with Gasteiger partial charge in [-0.3, -0.25) is 9.69 Å². The van der Waals surface area contributed by atoms with Gasteiger partial charge in [-0.25, -0.2) is 13.2 Å². The van der Waals surface area contributed by atoms with E-state index in [2.05, 4.69) is 60.1 Å². The molecule has 240 valence electrons. The van der Waals surface area contributed by atoms with Crippen molar-refractivity contribution in [3.8, 4) is 23.9 Å². The van der Waals surface area contributed by atoms with Crippen molar-refractivity contribution in [1.82, 2.24) is 19.8 Å². The minimum atomic E-state index is -2.77. The molecule has 6 rings (SSSR count). The lowest BCUT2D eigenvalue weighted by Gasteiger charge is -2.41. The molecule has 1 aromatic heterocycles. The predicted octanol–water partition coefficient (Wildman–Crippen LogP) is 4.12. The van der Waals surface area contributed by atoms with E-state index in [0.29, 0.717) is 31.9 Å². The summed E-state index contributed by atoms with van der Waals surface area (Å²) in [6.07, 6.45) is 0.425. The van der Waals surface area contributed by atoms with Crippen LogP contribution in [0.3, 0.4) is 0 Å². The van der Waals surface area contributed by atoms with Gasteiger partial charge in [-0.1, -0.05) is 36.3 Å². The summed E-state index contributed by atoms with van der Waals surface area (Å²) < 4.78 is 46.8. The lowest BCUT2D eigenvalue weighted by atomic mass is 9.99. The molecule has 12 heteroatoms. The second-order valence-electron chi connectivity index (χ2n) is 12.2. The fourth-order valence-electron chi connectivity index (χ4n) is 6.88. The molecule has 3 aliphatic rings. The molecule has 0 aliphatic carbocycles. The first-order chi connectivity index (χ1) is 22.2. The molecule has 3 aliphatic heterocycles. The van der Waals surface area contributed by atoms with E-state index in [1.807, 2.05) is 11.0 Å². The number of ether oxygens (including phenoxy) is 1. The number of hydrogen-bond acceptors (Lipinski definition) is 8. The predicted molar refractivity (Wildman–Crippen MR) is 169 cm³/mol. The van der Waals surface area contributed by atoms with Crippen molar-refractivity contribution in [3.63, 3.8) is 0 Å². The van der Waals surface area contributed by atoms with Crippen LogP contribution in [-0.4, -0.2) is 96.7 Å². The van der Waals surface area contributed by atoms with Crippen LogP contribution in [0.4, 0.5) is 24.7 Å². The third-order valence-electron chi connectivity index (χ3n) is 9.13. The van der Waals surface area contributed by atoms with Crippen LogP contribution in [0.1, 0.15) is 29.7 Å². The number of amides is 1. The highest BCUT2D eigenvalue weighted by Crippen LogP contribution is 2.36. The number of halogens is 3. The lowest BCUT2D eigenvalue weighted by Crippen LogP contribution is -2.55. The van der Waals surface area contributed by atoms with Gasteiger partial charge in [0.1, 0.15) is 12.4 Å². The Labute approximate surface area is 266 Å². The van der Waals surface area contributed by atoms with Gasteiger partial charge in [0.15, 0.2) is 6.67 Å². The molecule has 1 amide bonds. The van der Waals surface area contributed by atoms with E-state index in [1.54, 1.807) is 11.9 Å². The van der Waals surface area contributed by atoms with E-state index in [-0.39, 0.29) is 38.5 Å². The van der Waals surface area contributed by atoms with Gasteiger partial charge in [0.25, 0.3) is 11.8 Å². The van der Waals surface area contributed by atoms with Gasteiger partial charge in [-0.2, -0.15) is 15.2 Å². The number of fused-ring (bicyclic) bond motifs is 2. The van der Waals surface area contributed by atoms with Crippen LogP contribution in [0.5, 0.6) is 6.01 Å². The summed E-state index contributed by atoms with van der Waals surface area (Å²) in [5.74, 6) is 1.87. The highest BCUT2D eigenvalue weighted by atomic mass is 19.3. The first-order valence-corrected chi connectivity index (χ1v) is 15.5. The first-order valence-electron chi connectivity index (χ1n) is 15.5. The average molecular weight is 632 g/mol. The summed E-state index contributed by atoms with van der Waals surface area (Å²) in [5.41, 5.74) is 4.02. The number of rotatable bonds is 6. The second-order valence-corrected chi connectivity index (χ2v) is 12.2. The Bertz CT molecular complexity index is 1730. The van der Waals surface area contributed by atoms with Crippen molar-refractivity contribution in [2.45, 2.75) is 50.7 Å². The quantitative estimate of drug-likeness (QED) is 0.376. The minimum absolute atomic E-state index is 0.0170. The van der Waals surface area contributed by atoms with Crippen molar-refractivity contribution < 1.29 is 22.7 Å². The van der Waals surface area contributed by atoms with E-state index < -0.39 is 30.6 Å². The lowest BCUT2D eigenvalue weighted by molar-refractivity contribution is -0.127. The standard InChI is InChI=1S/C34H36F3N7O2/c1-23-6-3-7-24-8-4-9-29(31(23)24)42-15-12-27-28(20-42)39-33(46-21-26-18-34(36,37)22-41(26)2)40-32(27)43-16-17-44(25(19-43)11-14-38)30(45)10-5-13-35/h3-4,6-9,25-26H,11-13,15-22H2,1-2H3/t25-,26-/m0/s1. The van der Waals surface area contributed by atoms with Crippen molar-refractivity contribution in [1.29, 1.82) is 5.26 Å². The summed E-state index contributed by atoms with van der Waals surface area (Å²) in [5, 5.41) is 11.9. The number of carbonyl (C=O) groups excluding carboxylic acids is 1. The summed E-state index contributed by atoms with van der Waals surface area (Å²) in [4.78, 5) is 29.8. The Balaban J connectivity index is 1.33. The first kappa shape index (κ1) is 31.4. The zero-order valence-corrected chi connectivity index (χ0v) is 26.0. The number of aryl methyl sites for hydroxylation is 1. The summed E-state index contributed by atoms with van der Waals surface area (Å²) in [7, 11) is 1.66. The summed E-state index contributed by atoms with van der Waals surface area (Å²) in [6.45, 7) is 3.11. The monoisotopic (exact) mass is 631 g/mol. The second kappa shape index (κ2) is 13.1. The molecule has 9 nitrogen and oxygen atoms in total. The molecule has 0 bridgehead atoms. The number of carbonyl (C=O) groups is 1. The van der Waals surface area contributed by atoms with Crippen LogP contribution in [0.25, 0.3) is 10.8 Å². The molecule has 2 aromatic carbocycles. The molecule has 2 fully saturated rings. The topological polar surface area (TPSA) is 88.8 Å². The van der Waals surface area contributed by atoms with Crippen molar-refractivity contribution in [2.24, 2.45) is 0 Å². The molecule has 0 N–H and O–H groups in total. The van der Waals surface area contributed by atoms with E-state index in [9.17, 15) is 23.2 Å². The highest BCUT2D eigenvalue weighted by Gasteiger charge is 2.43. The Morgan fingerprint density at radius 3 is 2.65 bits per heavy atom. The van der Waals surface area contributed by atoms with E-state index in [4.69, 9.17) is 14.7 Å². The Morgan fingerprint density at radius 1 is 1.11 bits per heavy atom. The zero-order valence-electron chi connectivity index (χ0n) is 26.0. The molecular weight excluding hydrogens is 595 g/mol. The largest absolute Gasteiger partial charge is 0.462 e. The van der Waals surface area contributed by atoms with Gasteiger partial charge in [-0.05, 0) is 43.3 Å². The van der Waals surface area contributed by atoms with Crippen LogP contribution in [-0.2, 0) is 17.8 Å². The minimum Gasteiger partial charge on any atom is -0.462 e. The number of aromatic nitrogens is 2. The zero-order chi connectivity index (χ0) is 32.4. The smallest absolute Gasteiger partial charge is 0.318 e. The van der Waals surface area contributed by atoms with Crippen LogP contribution in [0, 0.1) is 30.1 Å². The van der Waals surface area contributed by atoms with Crippen molar-refractivity contribution >= 4 is 28.2 Å². The van der Waals surface area contributed by atoms with Crippen molar-refractivity contribution in [2.75, 3.05) is 62.9 Å². The van der Waals surface area contributed by atoms with Crippen LogP contribution in [0.15, 0.2) is 36.4 Å². The maximum Gasteiger partial charge on any atom is 0.318 e. The molecule has 0 saturated carbocycles. The number of likely N-dealkylation sites (N-methyl/N-ethyl adjacent to an activating group) is 1. The van der Waals surface area contributed by atoms with E-state index in [0.717, 1.165) is 28.9 Å². The number of benzene rings is 2. The molecule has 0 unspecified atom stereocenters. The SMILES string of the molecule is Cc1cccc2cccc(N3CCc4c(nc(OC[C@@H]5CC(F)(F)CN5C)nc4N4CCN(C(=O)C#CCF)[C@@H](CC#N)C4)C3)c12. The van der Waals surface area contributed by atoms with Gasteiger partial charge in [0, 0.05) is 55.3 Å². The van der Waals surface area contributed by atoms with E-state index in [1.165, 1.54) is 15.8 Å². The Kier molecular flexibility index (Phi) is 8.92. The third-order valence-corrected chi connectivity index (χ3v) is 9.13. The molecule has 2 saturated heterocycles. The van der Waals surface area contributed by atoms with E-state index >= 15 is 0 Å². The molecular formula is C34H36F3N7O2. The number of nitriles is 1. The molecule has 2 atom stereocenters. The molecule has 4 heterocycles. The molecule has 0 radical (unpaired) electrons. The van der Waals surface area contributed by atoms with Gasteiger partial charge in [0.2, 0.25) is 0 Å². The summed E-state index contributed by atoms with van der Waals surface area (Å²) in [6, 6.07) is 13.8. The third kappa shape index (κ3) is 6.40. The van der Waals surface area contributed by atoms with Gasteiger partial charge >= 0.3 is 6.01 Å². The highest BCUT2D eigenvalue weighted by molar-refractivity contribution is 5.97. The number of alkyl halides is 3. The molecule has 3 aromatic rings. The van der Waals surface area contributed by atoms with Gasteiger partial charge < -0.3 is 19.4 Å². The Hall–Kier alpha value is -4.55. The molecule has 0 spiro atoms. The number of piperazine rings is 1. The maximum absolute atomic E-state index is 14.1. The number of likely N-dealkylation sites (tertiary alicyclic amines) is 1. The molecule has 46 heavy (non-hydrogen) atoms. The van der Waals surface area contributed by atoms with Crippen molar-refractivity contribution in [3.05, 3.63) is 53.2 Å². The fourth-order valence-corrected chi connectivity index (χ4v) is 6.88.